The molecule has 0 unspecified atom stereocenters. The Bertz CT molecular complexity index is 734. The molecule has 0 spiro atoms. The Morgan fingerprint density at radius 3 is 2.54 bits per heavy atom. The number of nitrogens with zero attached hydrogens (tertiary/aromatic N) is 2. The third-order valence-electron chi connectivity index (χ3n) is 5.56. The van der Waals surface area contributed by atoms with Gasteiger partial charge in [-0.2, -0.15) is 5.10 Å². The van der Waals surface area contributed by atoms with E-state index in [9.17, 15) is 0 Å². The van der Waals surface area contributed by atoms with Crippen molar-refractivity contribution in [2.45, 2.75) is 64.4 Å². The van der Waals surface area contributed by atoms with Crippen LogP contribution >= 0.6 is 0 Å². The van der Waals surface area contributed by atoms with Crippen LogP contribution in [0.4, 0.5) is 0 Å². The molecule has 1 aromatic heterocycles. The molecule has 2 aliphatic rings. The standard InChI is InChI=1S/C18H25BN2O3/c1-17(2)18(3,4)24-19(23-17)14-8-7-9-15-13(14)12-21(20-15)16-10-5-6-11-22-16/h7-9,12,16H,5-6,10-11H2,1-4H3/t16-/m1/s1. The minimum Gasteiger partial charge on any atom is -0.399 e. The van der Waals surface area contributed by atoms with Crippen LogP contribution in [0.5, 0.6) is 0 Å². The van der Waals surface area contributed by atoms with Crippen molar-refractivity contribution in [1.29, 1.82) is 0 Å². The molecule has 1 aromatic carbocycles. The van der Waals surface area contributed by atoms with Crippen molar-refractivity contribution in [3.05, 3.63) is 24.4 Å². The summed E-state index contributed by atoms with van der Waals surface area (Å²) < 4.78 is 20.3. The fourth-order valence-corrected chi connectivity index (χ4v) is 3.34. The van der Waals surface area contributed by atoms with Crippen LogP contribution in [0.2, 0.25) is 0 Å². The zero-order chi connectivity index (χ0) is 16.9. The second kappa shape index (κ2) is 5.58. The van der Waals surface area contributed by atoms with Gasteiger partial charge in [0, 0.05) is 18.2 Å². The summed E-state index contributed by atoms with van der Waals surface area (Å²) in [6.07, 6.45) is 5.45. The van der Waals surface area contributed by atoms with Gasteiger partial charge in [-0.3, -0.25) is 0 Å². The summed E-state index contributed by atoms with van der Waals surface area (Å²) in [5.74, 6) is 0. The average Bonchev–Trinajstić information content (AvgIpc) is 3.06. The van der Waals surface area contributed by atoms with E-state index in [4.69, 9.17) is 19.1 Å². The molecule has 24 heavy (non-hydrogen) atoms. The molecular formula is C18H25BN2O3. The average molecular weight is 328 g/mol. The predicted octanol–water partition coefficient (Wildman–Crippen LogP) is 3.03. The maximum absolute atomic E-state index is 6.22. The number of hydrogen-bond donors (Lipinski definition) is 0. The van der Waals surface area contributed by atoms with Crippen LogP contribution in [0.15, 0.2) is 24.4 Å². The largest absolute Gasteiger partial charge is 0.495 e. The Morgan fingerprint density at radius 1 is 1.12 bits per heavy atom. The quantitative estimate of drug-likeness (QED) is 0.795. The van der Waals surface area contributed by atoms with Crippen molar-refractivity contribution in [3.63, 3.8) is 0 Å². The minimum absolute atomic E-state index is 0.0392. The van der Waals surface area contributed by atoms with Gasteiger partial charge in [-0.05, 0) is 58.5 Å². The lowest BCUT2D eigenvalue weighted by Crippen LogP contribution is -2.41. The smallest absolute Gasteiger partial charge is 0.399 e. The van der Waals surface area contributed by atoms with E-state index in [-0.39, 0.29) is 24.5 Å². The molecule has 1 atom stereocenters. The SMILES string of the molecule is CC1(C)OB(c2cccc3nn([C@H]4CCCCO4)cc23)OC1(C)C. The number of hydrogen-bond acceptors (Lipinski definition) is 4. The first kappa shape index (κ1) is 16.1. The molecule has 2 aliphatic heterocycles. The monoisotopic (exact) mass is 328 g/mol. The van der Waals surface area contributed by atoms with Crippen molar-refractivity contribution < 1.29 is 14.0 Å². The van der Waals surface area contributed by atoms with E-state index in [0.29, 0.717) is 0 Å². The van der Waals surface area contributed by atoms with Crippen LogP contribution in [0.1, 0.15) is 53.2 Å². The highest BCUT2D eigenvalue weighted by atomic mass is 16.7. The van der Waals surface area contributed by atoms with Gasteiger partial charge in [-0.1, -0.05) is 12.1 Å². The molecular weight excluding hydrogens is 303 g/mol. The molecule has 6 heteroatoms. The molecule has 2 fully saturated rings. The fraction of sp³-hybridized carbons (Fsp3) is 0.611. The van der Waals surface area contributed by atoms with Crippen LogP contribution in [0.3, 0.4) is 0 Å². The molecule has 0 saturated carbocycles. The number of benzene rings is 1. The lowest BCUT2D eigenvalue weighted by atomic mass is 9.77. The zero-order valence-corrected chi connectivity index (χ0v) is 14.9. The molecule has 4 rings (SSSR count). The zero-order valence-electron chi connectivity index (χ0n) is 14.9. The fourth-order valence-electron chi connectivity index (χ4n) is 3.34. The van der Waals surface area contributed by atoms with Crippen LogP contribution in [-0.4, -0.2) is 34.7 Å². The van der Waals surface area contributed by atoms with Crippen LogP contribution in [-0.2, 0) is 14.0 Å². The second-order valence-corrected chi connectivity index (χ2v) is 7.80. The van der Waals surface area contributed by atoms with Crippen LogP contribution < -0.4 is 5.46 Å². The summed E-state index contributed by atoms with van der Waals surface area (Å²) in [7, 11) is -0.372. The molecule has 2 aromatic rings. The number of aromatic nitrogens is 2. The van der Waals surface area contributed by atoms with E-state index in [2.05, 4.69) is 40.0 Å². The maximum atomic E-state index is 6.22. The van der Waals surface area contributed by atoms with Gasteiger partial charge < -0.3 is 14.0 Å². The van der Waals surface area contributed by atoms with Crippen molar-refractivity contribution in [3.8, 4) is 0 Å². The van der Waals surface area contributed by atoms with E-state index >= 15 is 0 Å². The maximum Gasteiger partial charge on any atom is 0.495 e. The lowest BCUT2D eigenvalue weighted by Gasteiger charge is -2.32. The molecule has 2 saturated heterocycles. The van der Waals surface area contributed by atoms with Gasteiger partial charge in [-0.15, -0.1) is 0 Å². The van der Waals surface area contributed by atoms with Gasteiger partial charge in [0.2, 0.25) is 0 Å². The Kier molecular flexibility index (Phi) is 3.75. The Morgan fingerprint density at radius 2 is 1.88 bits per heavy atom. The number of rotatable bonds is 2. The van der Waals surface area contributed by atoms with E-state index in [0.717, 1.165) is 35.8 Å². The van der Waals surface area contributed by atoms with Gasteiger partial charge in [0.25, 0.3) is 0 Å². The lowest BCUT2D eigenvalue weighted by molar-refractivity contribution is -0.0390. The Balaban J connectivity index is 1.70. The highest BCUT2D eigenvalue weighted by Gasteiger charge is 2.52. The highest BCUT2D eigenvalue weighted by Crippen LogP contribution is 2.37. The molecule has 3 heterocycles. The summed E-state index contributed by atoms with van der Waals surface area (Å²) >= 11 is 0. The van der Waals surface area contributed by atoms with E-state index in [1.54, 1.807) is 0 Å². The van der Waals surface area contributed by atoms with Gasteiger partial charge >= 0.3 is 7.12 Å². The number of fused-ring (bicyclic) bond motifs is 1. The van der Waals surface area contributed by atoms with Crippen LogP contribution in [0, 0.1) is 0 Å². The van der Waals surface area contributed by atoms with Crippen molar-refractivity contribution >= 4 is 23.5 Å². The van der Waals surface area contributed by atoms with Gasteiger partial charge in [0.15, 0.2) is 0 Å². The van der Waals surface area contributed by atoms with Crippen molar-refractivity contribution in [2.75, 3.05) is 6.61 Å². The third-order valence-corrected chi connectivity index (χ3v) is 5.56. The van der Waals surface area contributed by atoms with Gasteiger partial charge in [0.1, 0.15) is 6.23 Å². The highest BCUT2D eigenvalue weighted by molar-refractivity contribution is 6.65. The number of ether oxygens (including phenoxy) is 1. The molecule has 0 amide bonds. The van der Waals surface area contributed by atoms with Gasteiger partial charge in [0.05, 0.1) is 16.7 Å². The summed E-state index contributed by atoms with van der Waals surface area (Å²) in [6, 6.07) is 6.11. The molecule has 128 valence electrons. The van der Waals surface area contributed by atoms with E-state index in [1.807, 2.05) is 16.8 Å². The molecule has 5 nitrogen and oxygen atoms in total. The third kappa shape index (κ3) is 2.57. The first-order chi connectivity index (χ1) is 11.4. The first-order valence-electron chi connectivity index (χ1n) is 8.82. The van der Waals surface area contributed by atoms with Crippen molar-refractivity contribution in [2.24, 2.45) is 0 Å². The molecule has 0 aliphatic carbocycles. The summed E-state index contributed by atoms with van der Waals surface area (Å²) in [5.41, 5.74) is 1.30. The molecule has 0 radical (unpaired) electrons. The topological polar surface area (TPSA) is 45.5 Å². The predicted molar refractivity (Wildman–Crippen MR) is 94.3 cm³/mol. The first-order valence-corrected chi connectivity index (χ1v) is 8.82. The Hall–Kier alpha value is -1.37. The summed E-state index contributed by atoms with van der Waals surface area (Å²) in [4.78, 5) is 0. The molecule has 0 bridgehead atoms. The Labute approximate surface area is 143 Å². The minimum atomic E-state index is -0.372. The molecule has 0 N–H and O–H groups in total. The van der Waals surface area contributed by atoms with Crippen molar-refractivity contribution in [1.82, 2.24) is 9.78 Å². The normalized spacial score (nSPS) is 26.2. The van der Waals surface area contributed by atoms with Crippen LogP contribution in [0.25, 0.3) is 10.9 Å². The summed E-state index contributed by atoms with van der Waals surface area (Å²) in [5, 5.41) is 5.80. The van der Waals surface area contributed by atoms with Gasteiger partial charge in [-0.25, -0.2) is 4.68 Å². The second-order valence-electron chi connectivity index (χ2n) is 7.80. The van der Waals surface area contributed by atoms with E-state index < -0.39 is 0 Å². The summed E-state index contributed by atoms with van der Waals surface area (Å²) in [6.45, 7) is 9.11. The van der Waals surface area contributed by atoms with E-state index in [1.165, 1.54) is 6.42 Å².